The van der Waals surface area contributed by atoms with Crippen molar-refractivity contribution in [3.05, 3.63) is 4.77 Å². The highest BCUT2D eigenvalue weighted by Crippen LogP contribution is 2.19. The summed E-state index contributed by atoms with van der Waals surface area (Å²) in [6.45, 7) is 0. The van der Waals surface area contributed by atoms with Crippen molar-refractivity contribution in [3.8, 4) is 0 Å². The molecule has 0 bridgehead atoms. The van der Waals surface area contributed by atoms with Gasteiger partial charge in [-0.15, -0.1) is 0 Å². The molecule has 0 radical (unpaired) electrons. The number of H-pyrrole nitrogens is 1. The van der Waals surface area contributed by atoms with Gasteiger partial charge in [0, 0.05) is 0 Å². The number of aromatic nitrogens is 2. The number of nitrogens with zero attached hydrogens (tertiary/aromatic N) is 1. The number of amides is 1. The number of anilines is 3. The first-order valence-corrected chi connectivity index (χ1v) is 3.41. The van der Waals surface area contributed by atoms with Gasteiger partial charge in [0.25, 0.3) is 0 Å². The van der Waals surface area contributed by atoms with Crippen LogP contribution in [0.5, 0.6) is 0 Å². The van der Waals surface area contributed by atoms with E-state index in [9.17, 15) is 4.79 Å². The Kier molecular flexibility index (Phi) is 2.24. The van der Waals surface area contributed by atoms with Crippen molar-refractivity contribution in [3.63, 3.8) is 0 Å². The molecule has 0 aliphatic heterocycles. The number of hydrogen-bond acceptors (Lipinski definition) is 5. The van der Waals surface area contributed by atoms with Crippen LogP contribution < -0.4 is 16.8 Å². The molecule has 6 nitrogen and oxygen atoms in total. The zero-order valence-corrected chi connectivity index (χ0v) is 6.81. The van der Waals surface area contributed by atoms with Crippen molar-refractivity contribution in [2.24, 2.45) is 0 Å². The van der Waals surface area contributed by atoms with Gasteiger partial charge in [0.15, 0.2) is 10.6 Å². The van der Waals surface area contributed by atoms with Crippen LogP contribution in [0.15, 0.2) is 0 Å². The molecule has 1 aromatic heterocycles. The van der Waals surface area contributed by atoms with Crippen LogP contribution in [-0.2, 0) is 4.79 Å². The van der Waals surface area contributed by atoms with Gasteiger partial charge in [-0.3, -0.25) is 4.79 Å². The third kappa shape index (κ3) is 1.51. The Balaban J connectivity index is 3.27. The molecule has 0 atom stereocenters. The number of carbonyl (C=O) groups excluding carboxylic acids is 1. The van der Waals surface area contributed by atoms with E-state index in [1.54, 1.807) is 0 Å². The fourth-order valence-electron chi connectivity index (χ4n) is 0.720. The summed E-state index contributed by atoms with van der Waals surface area (Å²) in [7, 11) is 0. The average molecular weight is 185 g/mol. The molecule has 1 rings (SSSR count). The Hall–Kier alpha value is -1.63. The van der Waals surface area contributed by atoms with Gasteiger partial charge in [-0.1, -0.05) is 0 Å². The lowest BCUT2D eigenvalue weighted by Gasteiger charge is -2.04. The van der Waals surface area contributed by atoms with Crippen LogP contribution >= 0.6 is 12.2 Å². The zero-order valence-electron chi connectivity index (χ0n) is 6.00. The third-order valence-corrected chi connectivity index (χ3v) is 1.39. The first-order valence-electron chi connectivity index (χ1n) is 3.00. The highest BCUT2D eigenvalue weighted by Gasteiger charge is 2.03. The predicted octanol–water partition coefficient (Wildman–Crippen LogP) is -0.128. The van der Waals surface area contributed by atoms with Crippen LogP contribution in [0.2, 0.25) is 0 Å². The predicted molar refractivity (Wildman–Crippen MR) is 47.9 cm³/mol. The minimum atomic E-state index is 0.100. The van der Waals surface area contributed by atoms with E-state index in [0.717, 1.165) is 0 Å². The number of nitrogen functional groups attached to an aromatic ring is 2. The van der Waals surface area contributed by atoms with Gasteiger partial charge in [-0.25, -0.2) is 4.98 Å². The number of nitrogens with two attached hydrogens (primary N) is 2. The standard InChI is InChI=1S/C5H7N5OS/c6-3-2(8-1-11)4(7)10-5(12)9-3/h1H,(H,8,11)(H5,6,7,9,10,12). The molecule has 0 spiro atoms. The van der Waals surface area contributed by atoms with Crippen molar-refractivity contribution in [1.29, 1.82) is 0 Å². The third-order valence-electron chi connectivity index (χ3n) is 1.19. The van der Waals surface area contributed by atoms with Gasteiger partial charge in [0.2, 0.25) is 6.41 Å². The van der Waals surface area contributed by atoms with E-state index in [0.29, 0.717) is 6.41 Å². The van der Waals surface area contributed by atoms with E-state index in [1.807, 2.05) is 0 Å². The van der Waals surface area contributed by atoms with Gasteiger partial charge in [-0.2, -0.15) is 0 Å². The summed E-state index contributed by atoms with van der Waals surface area (Å²) in [4.78, 5) is 16.3. The molecule has 1 heterocycles. The molecule has 64 valence electrons. The van der Waals surface area contributed by atoms with E-state index in [-0.39, 0.29) is 22.1 Å². The number of rotatable bonds is 2. The normalized spacial score (nSPS) is 9.33. The summed E-state index contributed by atoms with van der Waals surface area (Å²) in [6.07, 6.45) is 0.459. The number of hydrogen-bond donors (Lipinski definition) is 4. The smallest absolute Gasteiger partial charge is 0.211 e. The number of aromatic amines is 1. The first kappa shape index (κ1) is 8.47. The van der Waals surface area contributed by atoms with Crippen molar-refractivity contribution >= 4 is 36.0 Å². The van der Waals surface area contributed by atoms with Gasteiger partial charge >= 0.3 is 0 Å². The molecule has 6 N–H and O–H groups in total. The minimum Gasteiger partial charge on any atom is -0.383 e. The van der Waals surface area contributed by atoms with Crippen LogP contribution in [-0.4, -0.2) is 16.4 Å². The summed E-state index contributed by atoms with van der Waals surface area (Å²) in [6, 6.07) is 0. The summed E-state index contributed by atoms with van der Waals surface area (Å²) in [5.41, 5.74) is 11.1. The van der Waals surface area contributed by atoms with E-state index in [1.165, 1.54) is 0 Å². The summed E-state index contributed by atoms with van der Waals surface area (Å²) in [5, 5.41) is 2.30. The van der Waals surface area contributed by atoms with Crippen molar-refractivity contribution < 1.29 is 4.79 Å². The maximum Gasteiger partial charge on any atom is 0.211 e. The molecule has 12 heavy (non-hydrogen) atoms. The zero-order chi connectivity index (χ0) is 9.14. The van der Waals surface area contributed by atoms with E-state index in [4.69, 9.17) is 11.5 Å². The Morgan fingerprint density at radius 2 is 2.25 bits per heavy atom. The molecule has 0 fully saturated rings. The summed E-state index contributed by atoms with van der Waals surface area (Å²) >= 11 is 4.69. The topological polar surface area (TPSA) is 110 Å². The van der Waals surface area contributed by atoms with Crippen molar-refractivity contribution in [2.45, 2.75) is 0 Å². The minimum absolute atomic E-state index is 0.100. The van der Waals surface area contributed by atoms with Gasteiger partial charge < -0.3 is 21.8 Å². The Labute approximate surface area is 73.0 Å². The molecule has 0 aliphatic rings. The lowest BCUT2D eigenvalue weighted by Crippen LogP contribution is -2.07. The summed E-state index contributed by atoms with van der Waals surface area (Å²) < 4.78 is 0.182. The van der Waals surface area contributed by atoms with Crippen LogP contribution in [0.1, 0.15) is 0 Å². The quantitative estimate of drug-likeness (QED) is 0.379. The monoisotopic (exact) mass is 185 g/mol. The SMILES string of the molecule is Nc1nc(=S)[nH]c(N)c1NC=O. The molecule has 0 saturated carbocycles. The van der Waals surface area contributed by atoms with Gasteiger partial charge in [0.1, 0.15) is 11.5 Å². The van der Waals surface area contributed by atoms with E-state index >= 15 is 0 Å². The second kappa shape index (κ2) is 3.18. The van der Waals surface area contributed by atoms with Crippen molar-refractivity contribution in [1.82, 2.24) is 9.97 Å². The molecule has 0 aromatic carbocycles. The first-order chi connectivity index (χ1) is 5.65. The highest BCUT2D eigenvalue weighted by atomic mass is 32.1. The lowest BCUT2D eigenvalue weighted by molar-refractivity contribution is -0.105. The van der Waals surface area contributed by atoms with Crippen LogP contribution in [0.3, 0.4) is 0 Å². The maximum atomic E-state index is 10.1. The fourth-order valence-corrected chi connectivity index (χ4v) is 0.928. The van der Waals surface area contributed by atoms with Crippen molar-refractivity contribution in [2.75, 3.05) is 16.8 Å². The molecule has 0 unspecified atom stereocenters. The van der Waals surface area contributed by atoms with Crippen LogP contribution in [0.4, 0.5) is 17.3 Å². The van der Waals surface area contributed by atoms with Crippen LogP contribution in [0.25, 0.3) is 0 Å². The lowest BCUT2D eigenvalue weighted by atomic mass is 10.4. The maximum absolute atomic E-state index is 10.1. The Bertz CT molecular complexity index is 333. The molecule has 0 saturated heterocycles. The van der Waals surface area contributed by atoms with Gasteiger partial charge in [0.05, 0.1) is 0 Å². The second-order valence-electron chi connectivity index (χ2n) is 1.98. The summed E-state index contributed by atoms with van der Waals surface area (Å²) in [5.74, 6) is 0.294. The van der Waals surface area contributed by atoms with Gasteiger partial charge in [-0.05, 0) is 12.2 Å². The molecule has 7 heteroatoms. The number of nitrogens with one attached hydrogen (secondary N) is 2. The van der Waals surface area contributed by atoms with E-state index < -0.39 is 0 Å². The molecule has 1 amide bonds. The average Bonchev–Trinajstić information content (AvgIpc) is 1.96. The number of carbonyl (C=O) groups is 1. The molecule has 0 aliphatic carbocycles. The van der Waals surface area contributed by atoms with Crippen LogP contribution in [0, 0.1) is 4.77 Å². The fraction of sp³-hybridized carbons (Fsp3) is 0. The second-order valence-corrected chi connectivity index (χ2v) is 2.36. The molecular weight excluding hydrogens is 178 g/mol. The Morgan fingerprint density at radius 3 is 2.75 bits per heavy atom. The van der Waals surface area contributed by atoms with E-state index in [2.05, 4.69) is 27.5 Å². The molecule has 1 aromatic rings. The molecular formula is C5H7N5OS. The Morgan fingerprint density at radius 1 is 1.58 bits per heavy atom. The highest BCUT2D eigenvalue weighted by molar-refractivity contribution is 7.71. The largest absolute Gasteiger partial charge is 0.383 e.